The summed E-state index contributed by atoms with van der Waals surface area (Å²) in [5.74, 6) is 1.29. The minimum atomic E-state index is -0.608. The summed E-state index contributed by atoms with van der Waals surface area (Å²) in [6.45, 7) is 48.6. The molecule has 8 fully saturated rings. The molecule has 776 valence electrons. The minimum Gasteiger partial charge on any atom is -0.450 e. The summed E-state index contributed by atoms with van der Waals surface area (Å²) in [5, 5.41) is 29.0. The van der Waals surface area contributed by atoms with Gasteiger partial charge >= 0.3 is 42.6 Å². The third kappa shape index (κ3) is 37.3. The number of nitrogen functional groups attached to an aromatic ring is 1. The van der Waals surface area contributed by atoms with Crippen LogP contribution in [-0.2, 0) is 60.3 Å². The summed E-state index contributed by atoms with van der Waals surface area (Å²) in [6.07, 6.45) is 14.2. The van der Waals surface area contributed by atoms with Crippen LogP contribution in [0.4, 0.5) is 56.6 Å². The lowest BCUT2D eigenvalue weighted by atomic mass is 9.74. The number of nitrogens with two attached hydrogens (primary N) is 1. The summed E-state index contributed by atoms with van der Waals surface area (Å²) in [4.78, 5) is 117. The zero-order valence-electron chi connectivity index (χ0n) is 87.2. The molecule has 8 aliphatic rings. The smallest absolute Gasteiger partial charge is 0.410 e. The van der Waals surface area contributed by atoms with Crippen LogP contribution in [0.1, 0.15) is 261 Å². The van der Waals surface area contributed by atoms with E-state index in [1.165, 1.54) is 50.0 Å². The average molecular weight is 2150 g/mol. The molecule has 0 saturated carbocycles. The van der Waals surface area contributed by atoms with Crippen LogP contribution in [0.2, 0.25) is 0 Å². The molecule has 0 aliphatic carbocycles. The molecule has 1 atom stereocenters. The third-order valence-electron chi connectivity index (χ3n) is 27.3. The topological polar surface area (TPSA) is 350 Å². The molecule has 6 aromatic rings. The molecular weight excluding hydrogens is 1990 g/mol. The van der Waals surface area contributed by atoms with Crippen LogP contribution < -0.4 is 26.6 Å². The molecule has 141 heavy (non-hydrogen) atoms. The summed E-state index contributed by atoms with van der Waals surface area (Å²) < 4.78 is 34.5. The number of piperidine rings is 8. The fourth-order valence-corrected chi connectivity index (χ4v) is 18.5. The Labute approximate surface area is 863 Å². The molecule has 5 aromatic carbocycles. The quantitative estimate of drug-likeness (QED) is 0.0561. The molecule has 9 heterocycles. The molecule has 30 nitrogen and oxygen atoms in total. The van der Waals surface area contributed by atoms with E-state index >= 15 is 0 Å². The van der Waals surface area contributed by atoms with Crippen LogP contribution in [0.5, 0.6) is 0 Å². The van der Waals surface area contributed by atoms with E-state index in [4.69, 9.17) is 39.1 Å². The third-order valence-corrected chi connectivity index (χ3v) is 28.9. The van der Waals surface area contributed by atoms with Crippen LogP contribution in [0, 0.1) is 11.3 Å². The van der Waals surface area contributed by atoms with E-state index in [1.807, 2.05) is 108 Å². The second kappa shape index (κ2) is 53.0. The van der Waals surface area contributed by atoms with Gasteiger partial charge in [0.15, 0.2) is 11.5 Å². The number of aliphatic hydroxyl groups is 1. The van der Waals surface area contributed by atoms with Crippen molar-refractivity contribution in [1.29, 1.82) is 5.26 Å². The first-order valence-corrected chi connectivity index (χ1v) is 52.3. The van der Waals surface area contributed by atoms with E-state index in [2.05, 4.69) is 211 Å². The number of hydrogen-bond donors (Lipinski definition) is 5. The van der Waals surface area contributed by atoms with Crippen molar-refractivity contribution >= 4 is 119 Å². The molecular formula is C108H158Br3N15O15. The predicted molar refractivity (Wildman–Crippen MR) is 566 cm³/mol. The number of rotatable bonds is 12. The van der Waals surface area contributed by atoms with Gasteiger partial charge in [0.25, 0.3) is 0 Å². The molecule has 8 amide bonds. The van der Waals surface area contributed by atoms with E-state index in [0.717, 1.165) is 143 Å². The van der Waals surface area contributed by atoms with E-state index in [0.29, 0.717) is 108 Å². The molecule has 14 rings (SSSR count). The van der Waals surface area contributed by atoms with Crippen molar-refractivity contribution in [2.45, 2.75) is 283 Å². The zero-order chi connectivity index (χ0) is 104. The number of halogens is 3. The van der Waals surface area contributed by atoms with Gasteiger partial charge in [-0.15, -0.1) is 0 Å². The number of amides is 8. The monoisotopic (exact) mass is 2140 g/mol. The number of ether oxygens (including phenoxy) is 6. The van der Waals surface area contributed by atoms with Crippen molar-refractivity contribution in [2.75, 3.05) is 155 Å². The molecule has 1 aromatic heterocycles. The van der Waals surface area contributed by atoms with Crippen molar-refractivity contribution in [2.24, 2.45) is 0 Å². The number of nitriles is 1. The Bertz CT molecular complexity index is 4910. The number of urea groups is 1. The second-order valence-electron chi connectivity index (χ2n) is 42.6. The lowest BCUT2D eigenvalue weighted by Crippen LogP contribution is -2.50. The maximum Gasteiger partial charge on any atom is 0.410 e. The number of likely N-dealkylation sites (tertiary alicyclic amines) is 6. The lowest BCUT2D eigenvalue weighted by molar-refractivity contribution is -0.121. The highest BCUT2D eigenvalue weighted by atomic mass is 79.9. The van der Waals surface area contributed by atoms with Crippen LogP contribution in [-0.4, -0.2) is 265 Å². The number of carbonyl (C=O) groups excluding carboxylic acids is 8. The van der Waals surface area contributed by atoms with E-state index in [9.17, 15) is 48.7 Å². The molecule has 8 saturated heterocycles. The molecule has 0 radical (unpaired) electrons. The highest BCUT2D eigenvalue weighted by Gasteiger charge is 2.41. The number of benzene rings is 5. The van der Waals surface area contributed by atoms with Gasteiger partial charge in [0.1, 0.15) is 34.5 Å². The Kier molecular flexibility index (Phi) is 43.7. The van der Waals surface area contributed by atoms with Crippen molar-refractivity contribution in [3.8, 4) is 6.07 Å². The number of Topliss-reactive ketones (excluding diaryl/α,β-unsaturated/α-hetero) is 1. The standard InChI is InChI=1S/C30H42N8O3.C17H24BrNO2.C17H26N2O2.C15H20BrNO2.C12H16BrN.C9H17NO3.C8H13NO3/c1-29(2,3)41-28(40)37-16-13-30(4,14-17-37)21-9-11-22(12-10-21)33-26-24(18-31)32-19-25(35-26)38-15-7-8-23(20-38)34-27(39)36(5)6;2*1-16(2,3)21-15(20)19-11-9-17(4,10-12-19)13-5-7-14(18)8-6-13;1-3-19-14(18)17-10-8-15(2,9-11-17)12-4-6-13(16)7-5-12;1-12(6-8-14-9-7-12)10-2-4-11(13)5-3-10;1-3-13-8(11)10-6-4-9(2,12)5-7-10;1-2-12-8(11)9-5-3-7(10)4-6-9/h9-12,19,23H,7-8,13-17,20H2,1-6H3,(H,33,35)(H,34,39);5-8H,9-12H2,1-4H3;5-8H,9-12,18H2,1-4H3;4-7H,3,8-11H2,1-2H3;2-5,14H,6-9H2,1H3;12H,3-7H2,1-2H3;2-6H2,1H3/t23-;;;;;;/m1....../s1. The van der Waals surface area contributed by atoms with Crippen LogP contribution in [0.15, 0.2) is 141 Å². The van der Waals surface area contributed by atoms with Gasteiger partial charge in [0.2, 0.25) is 0 Å². The minimum absolute atomic E-state index is 0.0115. The average Bonchev–Trinajstić information content (AvgIpc) is 0.793. The van der Waals surface area contributed by atoms with E-state index in [-0.39, 0.29) is 81.8 Å². The number of nitrogens with zero attached hydrogens (tertiary/aromatic N) is 11. The maximum atomic E-state index is 12.5. The van der Waals surface area contributed by atoms with Gasteiger partial charge in [0, 0.05) is 149 Å². The molecule has 0 spiro atoms. The maximum absolute atomic E-state index is 12.5. The van der Waals surface area contributed by atoms with Gasteiger partial charge in [-0.1, -0.05) is 143 Å². The van der Waals surface area contributed by atoms with Crippen molar-refractivity contribution in [3.05, 3.63) is 174 Å². The van der Waals surface area contributed by atoms with E-state index in [1.54, 1.807) is 55.8 Å². The first-order valence-electron chi connectivity index (χ1n) is 50.0. The summed E-state index contributed by atoms with van der Waals surface area (Å²) in [5.41, 5.74) is 13.0. The summed E-state index contributed by atoms with van der Waals surface area (Å²) in [7, 11) is 3.45. The van der Waals surface area contributed by atoms with Crippen molar-refractivity contribution in [3.63, 3.8) is 0 Å². The molecule has 0 unspecified atom stereocenters. The molecule has 33 heteroatoms. The fraction of sp³-hybridized carbons (Fsp3) is 0.602. The normalized spacial score (nSPS) is 18.9. The number of carbonyl (C=O) groups is 8. The number of aromatic nitrogens is 2. The van der Waals surface area contributed by atoms with Crippen LogP contribution >= 0.6 is 47.8 Å². The SMILES string of the molecule is CC(C)(C)OC(=O)N1CCC(C)(c2ccc(Br)cc2)CC1.CC(C)(C)OC(=O)N1CCC(C)(c2ccc(N)cc2)CC1.CC1(c2ccc(Br)cc2)CCNCC1.CCOC(=O)N1CCC(=O)CC1.CCOC(=O)N1CCC(C)(O)CC1.CCOC(=O)N1CCC(C)(c2ccc(Br)cc2)CC1.CN(C)C(=O)N[C@@H]1CCCN(c2cnc(C#N)c(Nc3ccc(C4(C)CCN(C(=O)OC(C)(C)C)CC4)cc3)n2)C1. The highest BCUT2D eigenvalue weighted by molar-refractivity contribution is 9.11. The predicted octanol–water partition coefficient (Wildman–Crippen LogP) is 21.8. The molecule has 6 N–H and O–H groups in total. The Balaban J connectivity index is 0.000000211. The molecule has 8 aliphatic heterocycles. The van der Waals surface area contributed by atoms with Gasteiger partial charge < -0.3 is 94.4 Å². The van der Waals surface area contributed by atoms with Gasteiger partial charge in [-0.2, -0.15) is 5.26 Å². The van der Waals surface area contributed by atoms with Gasteiger partial charge in [0.05, 0.1) is 31.6 Å². The Morgan fingerprint density at radius 2 is 0.773 bits per heavy atom. The number of ketones is 1. The van der Waals surface area contributed by atoms with Crippen LogP contribution in [0.3, 0.4) is 0 Å². The number of hydrogen-bond acceptors (Lipinski definition) is 22. The van der Waals surface area contributed by atoms with Crippen molar-refractivity contribution < 1.29 is 71.9 Å². The highest BCUT2D eigenvalue weighted by Crippen LogP contribution is 2.42. The number of anilines is 4. The Morgan fingerprint density at radius 1 is 0.468 bits per heavy atom. The summed E-state index contributed by atoms with van der Waals surface area (Å²) >= 11 is 10.4. The van der Waals surface area contributed by atoms with Crippen LogP contribution in [0.25, 0.3) is 0 Å². The van der Waals surface area contributed by atoms with E-state index < -0.39 is 22.4 Å². The molecule has 0 bridgehead atoms. The van der Waals surface area contributed by atoms with Gasteiger partial charge in [-0.25, -0.2) is 43.5 Å². The second-order valence-corrected chi connectivity index (χ2v) is 45.3. The lowest BCUT2D eigenvalue weighted by Gasteiger charge is -2.40. The fourth-order valence-electron chi connectivity index (χ4n) is 17.7. The number of nitrogens with one attached hydrogen (secondary N) is 3. The zero-order valence-corrected chi connectivity index (χ0v) is 92.0. The Morgan fingerprint density at radius 3 is 1.09 bits per heavy atom. The van der Waals surface area contributed by atoms with Gasteiger partial charge in [-0.3, -0.25) is 4.79 Å². The largest absolute Gasteiger partial charge is 0.450 e. The summed E-state index contributed by atoms with van der Waals surface area (Å²) in [6, 6.07) is 44.1. The van der Waals surface area contributed by atoms with Crippen molar-refractivity contribution in [1.82, 2.24) is 54.9 Å². The Hall–Kier alpha value is -10.0. The first-order chi connectivity index (χ1) is 66.3. The first kappa shape index (κ1) is 116. The van der Waals surface area contributed by atoms with Gasteiger partial charge in [-0.05, 0) is 309 Å².